The van der Waals surface area contributed by atoms with Crippen molar-refractivity contribution >= 4 is 23.2 Å². The van der Waals surface area contributed by atoms with Crippen LogP contribution in [0.25, 0.3) is 5.69 Å². The summed E-state index contributed by atoms with van der Waals surface area (Å²) in [5.74, 6) is 0.476. The van der Waals surface area contributed by atoms with Gasteiger partial charge in [-0.1, -0.05) is 23.7 Å². The average Bonchev–Trinajstić information content (AvgIpc) is 2.87. The normalized spacial score (nSPS) is 13.1. The number of hydrogen-bond acceptors (Lipinski definition) is 4. The molecule has 6 nitrogen and oxygen atoms in total. The first-order valence-corrected chi connectivity index (χ1v) is 10.0. The summed E-state index contributed by atoms with van der Waals surface area (Å²) >= 11 is 6.32. The van der Waals surface area contributed by atoms with E-state index in [1.165, 1.54) is 10.7 Å². The van der Waals surface area contributed by atoms with Crippen molar-refractivity contribution < 1.29 is 18.7 Å². The fourth-order valence-corrected chi connectivity index (χ4v) is 3.62. The van der Waals surface area contributed by atoms with Crippen LogP contribution in [0, 0.1) is 19.7 Å². The van der Waals surface area contributed by atoms with Crippen molar-refractivity contribution in [3.8, 4) is 17.2 Å². The van der Waals surface area contributed by atoms with Gasteiger partial charge in [0, 0.05) is 29.8 Å². The molecule has 4 rings (SSSR count). The Morgan fingerprint density at radius 3 is 2.63 bits per heavy atom. The predicted octanol–water partition coefficient (Wildman–Crippen LogP) is 4.62. The summed E-state index contributed by atoms with van der Waals surface area (Å²) in [6, 6.07) is 9.71. The summed E-state index contributed by atoms with van der Waals surface area (Å²) in [7, 11) is 0. The molecule has 1 N–H and O–H groups in total. The number of carbonyl (C=O) groups excluding carboxylic acids is 1. The third-order valence-corrected chi connectivity index (χ3v) is 5.28. The molecule has 0 aliphatic carbocycles. The van der Waals surface area contributed by atoms with E-state index in [4.69, 9.17) is 21.1 Å². The maximum Gasteiger partial charge on any atom is 0.228 e. The number of nitrogens with one attached hydrogen (secondary N) is 1. The molecule has 2 heterocycles. The molecule has 1 aliphatic rings. The quantitative estimate of drug-likeness (QED) is 0.657. The zero-order valence-corrected chi connectivity index (χ0v) is 17.4. The van der Waals surface area contributed by atoms with Gasteiger partial charge in [-0.25, -0.2) is 9.07 Å². The van der Waals surface area contributed by atoms with E-state index < -0.39 is 0 Å². The lowest BCUT2D eigenvalue weighted by Gasteiger charge is -2.12. The van der Waals surface area contributed by atoms with Crippen LogP contribution in [-0.2, 0) is 11.2 Å². The van der Waals surface area contributed by atoms with E-state index in [-0.39, 0.29) is 18.1 Å². The van der Waals surface area contributed by atoms with Crippen LogP contribution in [0.2, 0.25) is 5.02 Å². The summed E-state index contributed by atoms with van der Waals surface area (Å²) in [6.45, 7) is 4.71. The number of carbonyl (C=O) groups is 1. The van der Waals surface area contributed by atoms with E-state index in [9.17, 15) is 9.18 Å². The Hall–Kier alpha value is -3.06. The van der Waals surface area contributed by atoms with Crippen molar-refractivity contribution in [2.24, 2.45) is 0 Å². The Morgan fingerprint density at radius 2 is 1.90 bits per heavy atom. The van der Waals surface area contributed by atoms with E-state index in [1.807, 2.05) is 6.92 Å². The zero-order chi connectivity index (χ0) is 21.3. The highest BCUT2D eigenvalue weighted by molar-refractivity contribution is 6.34. The summed E-state index contributed by atoms with van der Waals surface area (Å²) in [4.78, 5) is 12.7. The Kier molecular flexibility index (Phi) is 5.63. The molecular formula is C22H21ClFN3O3. The molecule has 1 amide bonds. The Balaban J connectivity index is 1.55. The molecule has 8 heteroatoms. The number of rotatable bonds is 4. The highest BCUT2D eigenvalue weighted by atomic mass is 35.5. The highest BCUT2D eigenvalue weighted by Gasteiger charge is 2.19. The first kappa shape index (κ1) is 20.2. The maximum atomic E-state index is 14.2. The molecule has 30 heavy (non-hydrogen) atoms. The van der Waals surface area contributed by atoms with Gasteiger partial charge in [0.05, 0.1) is 36.0 Å². The van der Waals surface area contributed by atoms with Gasteiger partial charge in [-0.3, -0.25) is 4.79 Å². The number of para-hydroxylation sites is 1. The molecular weight excluding hydrogens is 409 g/mol. The topological polar surface area (TPSA) is 65.4 Å². The highest BCUT2D eigenvalue weighted by Crippen LogP contribution is 2.37. The smallest absolute Gasteiger partial charge is 0.228 e. The molecule has 0 unspecified atom stereocenters. The fraction of sp³-hybridized carbons (Fsp3) is 0.273. The number of amides is 1. The van der Waals surface area contributed by atoms with Crippen molar-refractivity contribution in [1.82, 2.24) is 9.78 Å². The van der Waals surface area contributed by atoms with E-state index in [1.54, 1.807) is 37.3 Å². The van der Waals surface area contributed by atoms with Gasteiger partial charge in [0.15, 0.2) is 11.5 Å². The number of ether oxygens (including phenoxy) is 2. The molecule has 0 saturated heterocycles. The number of aromatic nitrogens is 2. The van der Waals surface area contributed by atoms with Gasteiger partial charge in [0.2, 0.25) is 5.91 Å². The van der Waals surface area contributed by atoms with Crippen molar-refractivity contribution in [2.75, 3.05) is 18.5 Å². The first-order valence-electron chi connectivity index (χ1n) is 9.63. The number of aryl methyl sites for hydroxylation is 1. The van der Waals surface area contributed by atoms with E-state index in [0.29, 0.717) is 52.5 Å². The van der Waals surface area contributed by atoms with Gasteiger partial charge in [-0.15, -0.1) is 0 Å². The van der Waals surface area contributed by atoms with Gasteiger partial charge >= 0.3 is 0 Å². The molecule has 0 spiro atoms. The molecule has 3 aromatic rings. The number of fused-ring (bicyclic) bond motifs is 1. The summed E-state index contributed by atoms with van der Waals surface area (Å²) in [6.07, 6.45) is 0.857. The van der Waals surface area contributed by atoms with Crippen molar-refractivity contribution in [2.45, 2.75) is 26.7 Å². The first-order chi connectivity index (χ1) is 14.4. The van der Waals surface area contributed by atoms with Crippen molar-refractivity contribution in [3.05, 3.63) is 64.2 Å². The molecule has 0 radical (unpaired) electrons. The molecule has 1 aliphatic heterocycles. The molecule has 0 atom stereocenters. The van der Waals surface area contributed by atoms with E-state index in [0.717, 1.165) is 12.0 Å². The molecule has 0 fully saturated rings. The van der Waals surface area contributed by atoms with Gasteiger partial charge in [-0.2, -0.15) is 5.10 Å². The third-order valence-electron chi connectivity index (χ3n) is 4.97. The summed E-state index contributed by atoms with van der Waals surface area (Å²) in [5.41, 5.74) is 2.90. The molecule has 156 valence electrons. The zero-order valence-electron chi connectivity index (χ0n) is 16.7. The Labute approximate surface area is 178 Å². The SMILES string of the molecule is Cc1nn(-c2ccccc2F)c(C)c1CC(=O)Nc1cc2c(cc1Cl)OCCCO2. The van der Waals surface area contributed by atoms with Crippen LogP contribution in [0.4, 0.5) is 10.1 Å². The van der Waals surface area contributed by atoms with Crippen LogP contribution in [-0.4, -0.2) is 28.9 Å². The van der Waals surface area contributed by atoms with Crippen LogP contribution in [0.1, 0.15) is 23.4 Å². The lowest BCUT2D eigenvalue weighted by Crippen LogP contribution is -2.16. The fourth-order valence-electron chi connectivity index (χ4n) is 3.42. The third kappa shape index (κ3) is 3.98. The van der Waals surface area contributed by atoms with Crippen LogP contribution < -0.4 is 14.8 Å². The molecule has 2 aromatic carbocycles. The number of halogens is 2. The minimum absolute atomic E-state index is 0.0802. The van der Waals surface area contributed by atoms with Crippen LogP contribution in [0.15, 0.2) is 36.4 Å². The molecule has 1 aromatic heterocycles. The second kappa shape index (κ2) is 8.36. The second-order valence-electron chi connectivity index (χ2n) is 7.07. The molecule has 0 bridgehead atoms. The van der Waals surface area contributed by atoms with Gasteiger partial charge < -0.3 is 14.8 Å². The lowest BCUT2D eigenvalue weighted by molar-refractivity contribution is -0.115. The maximum absolute atomic E-state index is 14.2. The number of anilines is 1. The van der Waals surface area contributed by atoms with Crippen LogP contribution in [0.5, 0.6) is 11.5 Å². The number of nitrogens with zero attached hydrogens (tertiary/aromatic N) is 2. The lowest BCUT2D eigenvalue weighted by atomic mass is 10.1. The van der Waals surface area contributed by atoms with Gasteiger partial charge in [-0.05, 0) is 26.0 Å². The summed E-state index contributed by atoms with van der Waals surface area (Å²) < 4.78 is 27.0. The van der Waals surface area contributed by atoms with Crippen LogP contribution >= 0.6 is 11.6 Å². The minimum atomic E-state index is -0.377. The largest absolute Gasteiger partial charge is 0.490 e. The van der Waals surface area contributed by atoms with Crippen molar-refractivity contribution in [1.29, 1.82) is 0 Å². The molecule has 0 saturated carbocycles. The van der Waals surface area contributed by atoms with E-state index in [2.05, 4.69) is 10.4 Å². The second-order valence-corrected chi connectivity index (χ2v) is 7.47. The Morgan fingerprint density at radius 1 is 1.20 bits per heavy atom. The summed E-state index contributed by atoms with van der Waals surface area (Å²) in [5, 5.41) is 7.61. The number of hydrogen-bond donors (Lipinski definition) is 1. The van der Waals surface area contributed by atoms with Gasteiger partial charge in [0.25, 0.3) is 0 Å². The monoisotopic (exact) mass is 429 g/mol. The van der Waals surface area contributed by atoms with Gasteiger partial charge in [0.1, 0.15) is 11.5 Å². The predicted molar refractivity (Wildman–Crippen MR) is 112 cm³/mol. The Bertz CT molecular complexity index is 1110. The standard InChI is InChI=1S/C22H21ClFN3O3/c1-13-15(14(2)27(26-13)19-7-4-3-6-17(19)24)10-22(28)25-18-12-21-20(11-16(18)23)29-8-5-9-30-21/h3-4,6-7,11-12H,5,8-10H2,1-2H3,(H,25,28). The number of benzene rings is 2. The van der Waals surface area contributed by atoms with E-state index >= 15 is 0 Å². The minimum Gasteiger partial charge on any atom is -0.490 e. The van der Waals surface area contributed by atoms with Crippen LogP contribution in [0.3, 0.4) is 0 Å². The average molecular weight is 430 g/mol. The van der Waals surface area contributed by atoms with Crippen molar-refractivity contribution in [3.63, 3.8) is 0 Å².